The summed E-state index contributed by atoms with van der Waals surface area (Å²) in [6, 6.07) is 12.0. The van der Waals surface area contributed by atoms with Crippen molar-refractivity contribution in [2.75, 3.05) is 23.5 Å². The first-order valence-corrected chi connectivity index (χ1v) is 11.5. The number of anilines is 2. The summed E-state index contributed by atoms with van der Waals surface area (Å²) in [4.78, 5) is 24.9. The molecule has 0 atom stereocenters. The predicted octanol–water partition coefficient (Wildman–Crippen LogP) is 4.69. The molecule has 0 aliphatic rings. The van der Waals surface area contributed by atoms with Gasteiger partial charge in [0.1, 0.15) is 11.6 Å². The molecule has 11 heteroatoms. The number of nitrogens with one attached hydrogen (secondary N) is 2. The normalized spacial score (nSPS) is 10.5. The van der Waals surface area contributed by atoms with Gasteiger partial charge < -0.3 is 19.9 Å². The average molecular weight is 506 g/mol. The van der Waals surface area contributed by atoms with Gasteiger partial charge >= 0.3 is 0 Å². The second-order valence-corrected chi connectivity index (χ2v) is 8.42. The molecule has 0 spiro atoms. The maximum atomic E-state index is 12.5. The van der Waals surface area contributed by atoms with Crippen LogP contribution in [-0.4, -0.2) is 39.4 Å². The Bertz CT molecular complexity index is 1150. The van der Waals surface area contributed by atoms with E-state index in [4.69, 9.17) is 27.9 Å². The third-order valence-electron chi connectivity index (χ3n) is 4.36. The molecule has 0 saturated heterocycles. The van der Waals surface area contributed by atoms with Crippen LogP contribution in [0.1, 0.15) is 5.82 Å². The van der Waals surface area contributed by atoms with Crippen molar-refractivity contribution in [2.45, 2.75) is 18.1 Å². The molecule has 172 valence electrons. The van der Waals surface area contributed by atoms with Gasteiger partial charge in [0.05, 0.1) is 35.0 Å². The number of halogens is 2. The number of amides is 2. The van der Waals surface area contributed by atoms with Crippen molar-refractivity contribution >= 4 is 58.2 Å². The lowest BCUT2D eigenvalue weighted by molar-refractivity contribution is -0.116. The fourth-order valence-corrected chi connectivity index (χ4v) is 3.92. The van der Waals surface area contributed by atoms with Crippen LogP contribution in [0.4, 0.5) is 11.4 Å². The van der Waals surface area contributed by atoms with E-state index < -0.39 is 0 Å². The van der Waals surface area contributed by atoms with Crippen LogP contribution in [0.3, 0.4) is 0 Å². The van der Waals surface area contributed by atoms with E-state index in [1.807, 2.05) is 0 Å². The van der Waals surface area contributed by atoms with E-state index in [0.717, 1.165) is 0 Å². The van der Waals surface area contributed by atoms with E-state index in [-0.39, 0.29) is 29.0 Å². The van der Waals surface area contributed by atoms with Crippen LogP contribution in [0.2, 0.25) is 10.0 Å². The van der Waals surface area contributed by atoms with Crippen molar-refractivity contribution in [2.24, 2.45) is 0 Å². The standard InChI is InChI=1S/C22H21Cl2N5O3S/c1-3-11-29-18(12-19(30)26-17-6-4-5-16(23)21(17)24)27-28-22(29)33-13-20(31)25-14-7-9-15(32-2)10-8-14/h3-10H,1,11-13H2,2H3,(H,25,31)(H,26,30). The van der Waals surface area contributed by atoms with Crippen LogP contribution >= 0.6 is 35.0 Å². The topological polar surface area (TPSA) is 98.1 Å². The van der Waals surface area contributed by atoms with Gasteiger partial charge in [-0.25, -0.2) is 0 Å². The van der Waals surface area contributed by atoms with Crippen molar-refractivity contribution in [3.63, 3.8) is 0 Å². The first-order valence-electron chi connectivity index (χ1n) is 9.74. The number of methoxy groups -OCH3 is 1. The van der Waals surface area contributed by atoms with Crippen LogP contribution in [0.5, 0.6) is 5.75 Å². The number of carbonyl (C=O) groups excluding carboxylic acids is 2. The van der Waals surface area contributed by atoms with Gasteiger partial charge in [-0.2, -0.15) is 0 Å². The van der Waals surface area contributed by atoms with Gasteiger partial charge in [-0.1, -0.05) is 47.1 Å². The molecular weight excluding hydrogens is 485 g/mol. The molecule has 0 radical (unpaired) electrons. The highest BCUT2D eigenvalue weighted by atomic mass is 35.5. The highest BCUT2D eigenvalue weighted by molar-refractivity contribution is 7.99. The Balaban J connectivity index is 1.62. The molecule has 0 fully saturated rings. The third-order valence-corrected chi connectivity index (χ3v) is 6.14. The van der Waals surface area contributed by atoms with Crippen LogP contribution < -0.4 is 15.4 Å². The third kappa shape index (κ3) is 6.74. The summed E-state index contributed by atoms with van der Waals surface area (Å²) in [6.45, 7) is 4.13. The summed E-state index contributed by atoms with van der Waals surface area (Å²) in [6.07, 6.45) is 1.63. The number of hydrogen-bond acceptors (Lipinski definition) is 6. The fraction of sp³-hybridized carbons (Fsp3) is 0.182. The summed E-state index contributed by atoms with van der Waals surface area (Å²) in [5.74, 6) is 0.725. The molecule has 2 amide bonds. The Morgan fingerprint density at radius 3 is 2.58 bits per heavy atom. The van der Waals surface area contributed by atoms with E-state index >= 15 is 0 Å². The molecule has 2 N–H and O–H groups in total. The number of aromatic nitrogens is 3. The van der Waals surface area contributed by atoms with Crippen molar-refractivity contribution in [3.05, 3.63) is 71.0 Å². The van der Waals surface area contributed by atoms with Crippen molar-refractivity contribution < 1.29 is 14.3 Å². The van der Waals surface area contributed by atoms with Gasteiger partial charge in [0.25, 0.3) is 0 Å². The summed E-state index contributed by atoms with van der Waals surface area (Å²) in [5, 5.41) is 14.9. The largest absolute Gasteiger partial charge is 0.497 e. The quantitative estimate of drug-likeness (QED) is 0.306. The number of ether oxygens (including phenoxy) is 1. The van der Waals surface area contributed by atoms with Gasteiger partial charge in [0.15, 0.2) is 5.16 Å². The highest BCUT2D eigenvalue weighted by Crippen LogP contribution is 2.29. The lowest BCUT2D eigenvalue weighted by atomic mass is 10.3. The second-order valence-electron chi connectivity index (χ2n) is 6.69. The minimum absolute atomic E-state index is 0.0394. The minimum Gasteiger partial charge on any atom is -0.497 e. The molecule has 3 rings (SSSR count). The SMILES string of the molecule is C=CCn1c(CC(=O)Nc2cccc(Cl)c2Cl)nnc1SCC(=O)Nc1ccc(OC)cc1. The van der Waals surface area contributed by atoms with Crippen LogP contribution in [0.15, 0.2) is 60.3 Å². The molecule has 0 bridgehead atoms. The van der Waals surface area contributed by atoms with Gasteiger partial charge in [0, 0.05) is 12.2 Å². The van der Waals surface area contributed by atoms with E-state index in [0.29, 0.717) is 39.7 Å². The van der Waals surface area contributed by atoms with Crippen LogP contribution in [0, 0.1) is 0 Å². The number of carbonyl (C=O) groups is 2. The van der Waals surface area contributed by atoms with E-state index in [1.165, 1.54) is 11.8 Å². The molecule has 0 saturated carbocycles. The molecular formula is C22H21Cl2N5O3S. The maximum absolute atomic E-state index is 12.5. The first-order chi connectivity index (χ1) is 15.9. The second kappa shape index (κ2) is 11.7. The Morgan fingerprint density at radius 1 is 1.12 bits per heavy atom. The molecule has 0 aliphatic carbocycles. The Hall–Kier alpha value is -3.01. The molecule has 1 aromatic heterocycles. The van der Waals surface area contributed by atoms with Crippen molar-refractivity contribution in [1.29, 1.82) is 0 Å². The Labute approximate surface area is 205 Å². The fourth-order valence-electron chi connectivity index (χ4n) is 2.81. The zero-order valence-corrected chi connectivity index (χ0v) is 20.0. The van der Waals surface area contributed by atoms with Crippen LogP contribution in [-0.2, 0) is 22.6 Å². The number of benzene rings is 2. The minimum atomic E-state index is -0.328. The highest BCUT2D eigenvalue weighted by Gasteiger charge is 2.17. The van der Waals surface area contributed by atoms with Gasteiger partial charge in [0.2, 0.25) is 11.8 Å². The predicted molar refractivity (Wildman–Crippen MR) is 131 cm³/mol. The molecule has 8 nitrogen and oxygen atoms in total. The number of nitrogens with zero attached hydrogens (tertiary/aromatic N) is 3. The van der Waals surface area contributed by atoms with E-state index in [9.17, 15) is 9.59 Å². The molecule has 3 aromatic rings. The molecule has 33 heavy (non-hydrogen) atoms. The lowest BCUT2D eigenvalue weighted by Crippen LogP contribution is -2.18. The van der Waals surface area contributed by atoms with Gasteiger partial charge in [-0.3, -0.25) is 9.59 Å². The van der Waals surface area contributed by atoms with Gasteiger partial charge in [-0.15, -0.1) is 16.8 Å². The summed E-state index contributed by atoms with van der Waals surface area (Å²) in [5.41, 5.74) is 1.07. The van der Waals surface area contributed by atoms with E-state index in [1.54, 1.807) is 60.2 Å². The van der Waals surface area contributed by atoms with E-state index in [2.05, 4.69) is 27.4 Å². The monoisotopic (exact) mass is 505 g/mol. The van der Waals surface area contributed by atoms with Gasteiger partial charge in [-0.05, 0) is 36.4 Å². The summed E-state index contributed by atoms with van der Waals surface area (Å²) >= 11 is 13.3. The van der Waals surface area contributed by atoms with Crippen molar-refractivity contribution in [3.8, 4) is 5.75 Å². The smallest absolute Gasteiger partial charge is 0.234 e. The molecule has 1 heterocycles. The van der Waals surface area contributed by atoms with Crippen molar-refractivity contribution in [1.82, 2.24) is 14.8 Å². The zero-order valence-electron chi connectivity index (χ0n) is 17.7. The number of thioether (sulfide) groups is 1. The zero-order chi connectivity index (χ0) is 23.8. The molecule has 2 aromatic carbocycles. The molecule has 0 aliphatic heterocycles. The summed E-state index contributed by atoms with van der Waals surface area (Å²) in [7, 11) is 1.58. The lowest BCUT2D eigenvalue weighted by Gasteiger charge is -2.10. The molecule has 0 unspecified atom stereocenters. The Kier molecular flexibility index (Phi) is 8.76. The number of hydrogen-bond donors (Lipinski definition) is 2. The van der Waals surface area contributed by atoms with Crippen LogP contribution in [0.25, 0.3) is 0 Å². The Morgan fingerprint density at radius 2 is 1.88 bits per heavy atom. The number of allylic oxidation sites excluding steroid dienone is 1. The average Bonchev–Trinajstić information content (AvgIpc) is 3.17. The summed E-state index contributed by atoms with van der Waals surface area (Å²) < 4.78 is 6.84. The number of rotatable bonds is 10. The maximum Gasteiger partial charge on any atom is 0.234 e. The first kappa shape index (κ1) is 24.6.